The van der Waals surface area contributed by atoms with Gasteiger partial charge in [-0.2, -0.15) is 0 Å². The average molecular weight is 465 g/mol. The van der Waals surface area contributed by atoms with Gasteiger partial charge in [0.05, 0.1) is 10.9 Å². The smallest absolute Gasteiger partial charge is 0.343 e. The van der Waals surface area contributed by atoms with Crippen LogP contribution in [0.2, 0.25) is 0 Å². The number of fused-ring (bicyclic) bond motifs is 2. The molecule has 5 aromatic rings. The van der Waals surface area contributed by atoms with Gasteiger partial charge in [-0.05, 0) is 58.1 Å². The molecule has 0 N–H and O–H groups in total. The minimum Gasteiger partial charge on any atom is -0.460 e. The zero-order valence-corrected chi connectivity index (χ0v) is 19.7. The van der Waals surface area contributed by atoms with Crippen molar-refractivity contribution >= 4 is 27.7 Å². The van der Waals surface area contributed by atoms with Crippen LogP contribution in [0.15, 0.2) is 100 Å². The van der Waals surface area contributed by atoms with Crippen molar-refractivity contribution in [1.29, 1.82) is 0 Å². The molecule has 0 bridgehead atoms. The highest BCUT2D eigenvalue weighted by Crippen LogP contribution is 2.27. The van der Waals surface area contributed by atoms with E-state index < -0.39 is 5.97 Å². The molecule has 1 heterocycles. The van der Waals surface area contributed by atoms with Gasteiger partial charge in [0.25, 0.3) is 0 Å². The van der Waals surface area contributed by atoms with E-state index in [0.717, 1.165) is 16.3 Å². The maximum absolute atomic E-state index is 13.0. The second-order valence-corrected chi connectivity index (χ2v) is 9.41. The van der Waals surface area contributed by atoms with Gasteiger partial charge in [0, 0.05) is 6.07 Å². The Balaban J connectivity index is 1.36. The number of rotatable bonds is 4. The van der Waals surface area contributed by atoms with E-state index in [9.17, 15) is 9.59 Å². The van der Waals surface area contributed by atoms with E-state index in [1.807, 2.05) is 54.6 Å². The van der Waals surface area contributed by atoms with Crippen LogP contribution in [0.5, 0.6) is 17.2 Å². The molecule has 5 heteroatoms. The predicted molar refractivity (Wildman–Crippen MR) is 137 cm³/mol. The Morgan fingerprint density at radius 2 is 1.51 bits per heavy atom. The van der Waals surface area contributed by atoms with Gasteiger partial charge in [0.2, 0.25) is 11.2 Å². The number of hydrogen-bond acceptors (Lipinski definition) is 5. The van der Waals surface area contributed by atoms with Gasteiger partial charge in [-0.15, -0.1) is 0 Å². The molecule has 35 heavy (non-hydrogen) atoms. The monoisotopic (exact) mass is 464 g/mol. The van der Waals surface area contributed by atoms with Crippen LogP contribution in [0.1, 0.15) is 36.7 Å². The first kappa shape index (κ1) is 22.4. The number of benzene rings is 4. The predicted octanol–water partition coefficient (Wildman–Crippen LogP) is 7.26. The largest absolute Gasteiger partial charge is 0.460 e. The van der Waals surface area contributed by atoms with Gasteiger partial charge >= 0.3 is 5.97 Å². The number of esters is 1. The van der Waals surface area contributed by atoms with Gasteiger partial charge < -0.3 is 13.9 Å². The van der Waals surface area contributed by atoms with Crippen molar-refractivity contribution in [3.63, 3.8) is 0 Å². The van der Waals surface area contributed by atoms with Gasteiger partial charge in [-0.25, -0.2) is 4.79 Å². The SMILES string of the molecule is CC(C)(C)c1ccc(C(=O)Oc2ccc3c(=O)c(Oc4ccc5ccccc5c4)coc3c2)cc1. The molecule has 0 saturated carbocycles. The number of hydrogen-bond donors (Lipinski definition) is 0. The zero-order chi connectivity index (χ0) is 24.6. The lowest BCUT2D eigenvalue weighted by Gasteiger charge is -2.18. The summed E-state index contributed by atoms with van der Waals surface area (Å²) in [6, 6.07) is 25.5. The van der Waals surface area contributed by atoms with Crippen molar-refractivity contribution in [3.8, 4) is 17.2 Å². The molecule has 0 fully saturated rings. The fraction of sp³-hybridized carbons (Fsp3) is 0.133. The van der Waals surface area contributed by atoms with E-state index in [2.05, 4.69) is 20.8 Å². The van der Waals surface area contributed by atoms with Gasteiger partial charge in [-0.3, -0.25) is 4.79 Å². The molecule has 5 rings (SSSR count). The van der Waals surface area contributed by atoms with E-state index in [4.69, 9.17) is 13.9 Å². The van der Waals surface area contributed by atoms with Crippen molar-refractivity contribution in [1.82, 2.24) is 0 Å². The highest BCUT2D eigenvalue weighted by atomic mass is 16.5. The van der Waals surface area contributed by atoms with E-state index in [1.165, 1.54) is 12.3 Å². The molecule has 0 aliphatic carbocycles. The summed E-state index contributed by atoms with van der Waals surface area (Å²) in [5, 5.41) is 2.42. The normalized spacial score (nSPS) is 11.5. The summed E-state index contributed by atoms with van der Waals surface area (Å²) < 4.78 is 17.0. The third-order valence-electron chi connectivity index (χ3n) is 5.86. The third kappa shape index (κ3) is 4.66. The Hall–Kier alpha value is -4.38. The highest BCUT2D eigenvalue weighted by molar-refractivity contribution is 5.91. The van der Waals surface area contributed by atoms with Crippen LogP contribution in [-0.4, -0.2) is 5.97 Å². The summed E-state index contributed by atoms with van der Waals surface area (Å²) in [6.07, 6.45) is 1.27. The first-order valence-electron chi connectivity index (χ1n) is 11.3. The highest BCUT2D eigenvalue weighted by Gasteiger charge is 2.16. The third-order valence-corrected chi connectivity index (χ3v) is 5.86. The Morgan fingerprint density at radius 1 is 0.800 bits per heavy atom. The summed E-state index contributed by atoms with van der Waals surface area (Å²) in [5.74, 6) is 0.423. The minimum atomic E-state index is -0.483. The number of ether oxygens (including phenoxy) is 2. The number of carbonyl (C=O) groups excluding carboxylic acids is 1. The van der Waals surface area contributed by atoms with E-state index in [0.29, 0.717) is 22.3 Å². The zero-order valence-electron chi connectivity index (χ0n) is 19.7. The Kier molecular flexibility index (Phi) is 5.61. The molecule has 4 aromatic carbocycles. The molecule has 174 valence electrons. The fourth-order valence-corrected chi connectivity index (χ4v) is 3.86. The number of carbonyl (C=O) groups is 1. The Morgan fingerprint density at radius 3 is 2.26 bits per heavy atom. The molecule has 0 saturated heterocycles. The molecular weight excluding hydrogens is 440 g/mol. The molecule has 0 radical (unpaired) electrons. The van der Waals surface area contributed by atoms with Crippen molar-refractivity contribution in [2.45, 2.75) is 26.2 Å². The lowest BCUT2D eigenvalue weighted by Crippen LogP contribution is -2.13. The van der Waals surface area contributed by atoms with Crippen molar-refractivity contribution in [2.75, 3.05) is 0 Å². The second kappa shape index (κ2) is 8.76. The summed E-state index contributed by atoms with van der Waals surface area (Å²) in [6.45, 7) is 6.34. The Labute approximate surface area is 202 Å². The van der Waals surface area contributed by atoms with E-state index >= 15 is 0 Å². The summed E-state index contributed by atoms with van der Waals surface area (Å²) >= 11 is 0. The van der Waals surface area contributed by atoms with Gasteiger partial charge in [-0.1, -0.05) is 63.2 Å². The molecule has 0 aliphatic rings. The maximum Gasteiger partial charge on any atom is 0.343 e. The van der Waals surface area contributed by atoms with Crippen LogP contribution in [0, 0.1) is 0 Å². The van der Waals surface area contributed by atoms with E-state index in [-0.39, 0.29) is 22.3 Å². The van der Waals surface area contributed by atoms with Crippen LogP contribution < -0.4 is 14.9 Å². The van der Waals surface area contributed by atoms with Crippen molar-refractivity contribution < 1.29 is 18.7 Å². The molecule has 1 aromatic heterocycles. The van der Waals surface area contributed by atoms with Crippen molar-refractivity contribution in [2.24, 2.45) is 0 Å². The quantitative estimate of drug-likeness (QED) is 0.207. The molecule has 0 aliphatic heterocycles. The summed E-state index contributed by atoms with van der Waals surface area (Å²) in [4.78, 5) is 25.6. The van der Waals surface area contributed by atoms with Gasteiger partial charge in [0.1, 0.15) is 23.3 Å². The first-order valence-corrected chi connectivity index (χ1v) is 11.3. The van der Waals surface area contributed by atoms with Crippen LogP contribution in [-0.2, 0) is 5.41 Å². The molecule has 0 atom stereocenters. The van der Waals surface area contributed by atoms with Crippen LogP contribution in [0.3, 0.4) is 0 Å². The molecule has 5 nitrogen and oxygen atoms in total. The van der Waals surface area contributed by atoms with Crippen LogP contribution >= 0.6 is 0 Å². The topological polar surface area (TPSA) is 65.7 Å². The van der Waals surface area contributed by atoms with Crippen molar-refractivity contribution in [3.05, 3.63) is 113 Å². The van der Waals surface area contributed by atoms with Crippen LogP contribution in [0.25, 0.3) is 21.7 Å². The lowest BCUT2D eigenvalue weighted by atomic mass is 9.87. The molecule has 0 unspecified atom stereocenters. The molecular formula is C30H24O5. The lowest BCUT2D eigenvalue weighted by molar-refractivity contribution is 0.0735. The second-order valence-electron chi connectivity index (χ2n) is 9.41. The standard InChI is InChI=1S/C30H24O5/c1-30(2,3)22-11-8-20(9-12-22)29(32)35-24-14-15-25-26(17-24)33-18-27(28(25)31)34-23-13-10-19-6-4-5-7-21(19)16-23/h4-18H,1-3H3. The minimum absolute atomic E-state index is 0.00477. The van der Waals surface area contributed by atoms with Crippen LogP contribution in [0.4, 0.5) is 0 Å². The van der Waals surface area contributed by atoms with Gasteiger partial charge in [0.15, 0.2) is 0 Å². The van der Waals surface area contributed by atoms with E-state index in [1.54, 1.807) is 24.3 Å². The Bertz CT molecular complexity index is 1600. The molecule has 0 amide bonds. The molecule has 0 spiro atoms. The summed E-state index contributed by atoms with van der Waals surface area (Å²) in [7, 11) is 0. The maximum atomic E-state index is 13.0. The first-order chi connectivity index (χ1) is 16.8. The fourth-order valence-electron chi connectivity index (χ4n) is 3.86. The average Bonchev–Trinajstić information content (AvgIpc) is 2.85. The summed E-state index contributed by atoms with van der Waals surface area (Å²) in [5.41, 5.74) is 1.56.